The number of nitrogens with zero attached hydrogens (tertiary/aromatic N) is 5. The molecule has 0 spiro atoms. The Bertz CT molecular complexity index is 1000. The van der Waals surface area contributed by atoms with E-state index in [9.17, 15) is 9.59 Å². The molecule has 1 N–H and O–H groups in total. The van der Waals surface area contributed by atoms with Gasteiger partial charge in [-0.15, -0.1) is 0 Å². The highest BCUT2D eigenvalue weighted by Gasteiger charge is 2.31. The van der Waals surface area contributed by atoms with E-state index in [4.69, 9.17) is 5.10 Å². The van der Waals surface area contributed by atoms with Crippen LogP contribution in [0.3, 0.4) is 0 Å². The van der Waals surface area contributed by atoms with Gasteiger partial charge in [-0.2, -0.15) is 5.10 Å². The number of amides is 2. The van der Waals surface area contributed by atoms with E-state index in [0.717, 1.165) is 17.6 Å². The van der Waals surface area contributed by atoms with Gasteiger partial charge in [0.25, 0.3) is 5.91 Å². The summed E-state index contributed by atoms with van der Waals surface area (Å²) in [6, 6.07) is 9.34. The second-order valence-electron chi connectivity index (χ2n) is 6.92. The molecule has 1 fully saturated rings. The number of nitrogens with one attached hydrogen (secondary N) is 1. The largest absolute Gasteiger partial charge is 0.354 e. The van der Waals surface area contributed by atoms with E-state index in [-0.39, 0.29) is 17.7 Å². The lowest BCUT2D eigenvalue weighted by molar-refractivity contribution is -0.118. The molecule has 2 aromatic heterocycles. The summed E-state index contributed by atoms with van der Waals surface area (Å²) in [7, 11) is 0. The SMILES string of the molecule is CC(=O)NCCn1nc([C@H]2CCN(C(=O)c3ccccc3)C2)c2nccnc21. The van der Waals surface area contributed by atoms with E-state index in [1.165, 1.54) is 6.92 Å². The summed E-state index contributed by atoms with van der Waals surface area (Å²) in [6.07, 6.45) is 4.14. The van der Waals surface area contributed by atoms with Gasteiger partial charge in [-0.1, -0.05) is 18.2 Å². The smallest absolute Gasteiger partial charge is 0.253 e. The summed E-state index contributed by atoms with van der Waals surface area (Å²) in [5.74, 6) is 0.0890. The van der Waals surface area contributed by atoms with Crippen molar-refractivity contribution in [1.82, 2.24) is 30.0 Å². The van der Waals surface area contributed by atoms with Gasteiger partial charge in [-0.3, -0.25) is 9.59 Å². The molecule has 2 amide bonds. The van der Waals surface area contributed by atoms with Gasteiger partial charge >= 0.3 is 0 Å². The molecule has 0 bridgehead atoms. The molecule has 4 rings (SSSR count). The maximum Gasteiger partial charge on any atom is 0.253 e. The fourth-order valence-electron chi connectivity index (χ4n) is 3.62. The second-order valence-corrected chi connectivity index (χ2v) is 6.92. The van der Waals surface area contributed by atoms with Crippen LogP contribution in [0.25, 0.3) is 11.2 Å². The quantitative estimate of drug-likeness (QED) is 0.728. The minimum atomic E-state index is -0.0753. The fourth-order valence-corrected chi connectivity index (χ4v) is 3.62. The van der Waals surface area contributed by atoms with Crippen LogP contribution >= 0.6 is 0 Å². The summed E-state index contributed by atoms with van der Waals surface area (Å²) >= 11 is 0. The van der Waals surface area contributed by atoms with E-state index >= 15 is 0 Å². The Morgan fingerprint density at radius 2 is 1.96 bits per heavy atom. The number of likely N-dealkylation sites (tertiary alicyclic amines) is 1. The lowest BCUT2D eigenvalue weighted by Crippen LogP contribution is -2.28. The van der Waals surface area contributed by atoms with Crippen LogP contribution in [0.4, 0.5) is 0 Å². The molecule has 1 saturated heterocycles. The number of carbonyl (C=O) groups is 2. The van der Waals surface area contributed by atoms with Crippen molar-refractivity contribution in [2.24, 2.45) is 0 Å². The van der Waals surface area contributed by atoms with E-state index in [1.807, 2.05) is 35.2 Å². The Kier molecular flexibility index (Phi) is 5.01. The van der Waals surface area contributed by atoms with Gasteiger partial charge in [-0.25, -0.2) is 14.6 Å². The van der Waals surface area contributed by atoms with E-state index in [0.29, 0.717) is 37.4 Å². The first-order valence-corrected chi connectivity index (χ1v) is 9.39. The van der Waals surface area contributed by atoms with Crippen LogP contribution in [0.1, 0.15) is 35.3 Å². The molecule has 0 radical (unpaired) electrons. The Labute approximate surface area is 162 Å². The third-order valence-electron chi connectivity index (χ3n) is 4.97. The zero-order valence-corrected chi connectivity index (χ0v) is 15.7. The van der Waals surface area contributed by atoms with Crippen molar-refractivity contribution in [3.05, 3.63) is 54.0 Å². The summed E-state index contributed by atoms with van der Waals surface area (Å²) in [6.45, 7) is 3.80. The van der Waals surface area contributed by atoms with Crippen molar-refractivity contribution in [3.63, 3.8) is 0 Å². The molecule has 3 heterocycles. The molecular formula is C20H22N6O2. The first-order chi connectivity index (χ1) is 13.6. The van der Waals surface area contributed by atoms with Crippen LogP contribution in [0.15, 0.2) is 42.7 Å². The van der Waals surface area contributed by atoms with Crippen LogP contribution in [0.5, 0.6) is 0 Å². The minimum absolute atomic E-state index is 0.0450. The van der Waals surface area contributed by atoms with Crippen LogP contribution in [0.2, 0.25) is 0 Å². The lowest BCUT2D eigenvalue weighted by Gasteiger charge is -2.16. The Morgan fingerprint density at radius 3 is 2.75 bits per heavy atom. The molecule has 8 nitrogen and oxygen atoms in total. The normalized spacial score (nSPS) is 16.5. The third kappa shape index (κ3) is 3.58. The number of carbonyl (C=O) groups excluding carboxylic acids is 2. The average Bonchev–Trinajstić information content (AvgIpc) is 3.33. The van der Waals surface area contributed by atoms with Crippen molar-refractivity contribution < 1.29 is 9.59 Å². The van der Waals surface area contributed by atoms with Crippen LogP contribution in [0, 0.1) is 0 Å². The topological polar surface area (TPSA) is 93.0 Å². The van der Waals surface area contributed by atoms with Gasteiger partial charge in [0, 0.05) is 50.4 Å². The van der Waals surface area contributed by atoms with Crippen LogP contribution < -0.4 is 5.32 Å². The maximum absolute atomic E-state index is 12.7. The van der Waals surface area contributed by atoms with E-state index in [2.05, 4.69) is 15.3 Å². The monoisotopic (exact) mass is 378 g/mol. The summed E-state index contributed by atoms with van der Waals surface area (Å²) < 4.78 is 1.79. The Balaban J connectivity index is 1.54. The highest BCUT2D eigenvalue weighted by molar-refractivity contribution is 5.94. The fraction of sp³-hybridized carbons (Fsp3) is 0.350. The molecule has 0 aliphatic carbocycles. The third-order valence-corrected chi connectivity index (χ3v) is 4.97. The number of aromatic nitrogens is 4. The average molecular weight is 378 g/mol. The Hall–Kier alpha value is -3.29. The van der Waals surface area contributed by atoms with Crippen molar-refractivity contribution in [2.45, 2.75) is 25.8 Å². The predicted molar refractivity (Wildman–Crippen MR) is 104 cm³/mol. The van der Waals surface area contributed by atoms with E-state index < -0.39 is 0 Å². The molecule has 1 aromatic carbocycles. The van der Waals surface area contributed by atoms with Gasteiger partial charge in [0.15, 0.2) is 5.65 Å². The van der Waals surface area contributed by atoms with Crippen molar-refractivity contribution in [3.8, 4) is 0 Å². The molecule has 0 unspecified atom stereocenters. The minimum Gasteiger partial charge on any atom is -0.354 e. The summed E-state index contributed by atoms with van der Waals surface area (Å²) in [5, 5.41) is 7.51. The van der Waals surface area contributed by atoms with Gasteiger partial charge in [0.05, 0.1) is 12.2 Å². The van der Waals surface area contributed by atoms with Crippen molar-refractivity contribution in [1.29, 1.82) is 0 Å². The standard InChI is InChI=1S/C20H22N6O2/c1-14(27)21-10-12-26-19-18(22-8-9-23-19)17(24-26)16-7-11-25(13-16)20(28)15-5-3-2-4-6-15/h2-6,8-9,16H,7,10-13H2,1H3,(H,21,27)/t16-/m0/s1. The van der Waals surface area contributed by atoms with Gasteiger partial charge in [-0.05, 0) is 18.6 Å². The molecule has 1 aliphatic rings. The van der Waals surface area contributed by atoms with Crippen molar-refractivity contribution >= 4 is 23.0 Å². The zero-order chi connectivity index (χ0) is 19.5. The first-order valence-electron chi connectivity index (χ1n) is 9.39. The Morgan fingerprint density at radius 1 is 1.18 bits per heavy atom. The number of benzene rings is 1. The highest BCUT2D eigenvalue weighted by atomic mass is 16.2. The summed E-state index contributed by atoms with van der Waals surface area (Å²) in [5.41, 5.74) is 3.04. The molecule has 1 atom stereocenters. The summed E-state index contributed by atoms with van der Waals surface area (Å²) in [4.78, 5) is 34.6. The first kappa shape index (κ1) is 18.1. The molecule has 144 valence electrons. The molecule has 3 aromatic rings. The number of fused-ring (bicyclic) bond motifs is 1. The maximum atomic E-state index is 12.7. The molecule has 0 saturated carbocycles. The molecular weight excluding hydrogens is 356 g/mol. The lowest BCUT2D eigenvalue weighted by atomic mass is 10.0. The molecule has 1 aliphatic heterocycles. The van der Waals surface area contributed by atoms with Gasteiger partial charge < -0.3 is 10.2 Å². The predicted octanol–water partition coefficient (Wildman–Crippen LogP) is 1.59. The van der Waals surface area contributed by atoms with Crippen molar-refractivity contribution in [2.75, 3.05) is 19.6 Å². The van der Waals surface area contributed by atoms with Crippen LogP contribution in [-0.2, 0) is 11.3 Å². The van der Waals surface area contributed by atoms with E-state index in [1.54, 1.807) is 17.1 Å². The van der Waals surface area contributed by atoms with Crippen LogP contribution in [-0.4, -0.2) is 56.1 Å². The zero-order valence-electron chi connectivity index (χ0n) is 15.7. The van der Waals surface area contributed by atoms with Gasteiger partial charge in [0.2, 0.25) is 5.91 Å². The number of hydrogen-bond donors (Lipinski definition) is 1. The highest BCUT2D eigenvalue weighted by Crippen LogP contribution is 2.31. The molecule has 28 heavy (non-hydrogen) atoms. The molecule has 8 heteroatoms. The number of hydrogen-bond acceptors (Lipinski definition) is 5. The second kappa shape index (κ2) is 7.75. The number of rotatable bonds is 5. The van der Waals surface area contributed by atoms with Gasteiger partial charge in [0.1, 0.15) is 5.52 Å².